The Morgan fingerprint density at radius 3 is 2.82 bits per heavy atom. The van der Waals surface area contributed by atoms with E-state index >= 15 is 0 Å². The number of aromatic amines is 1. The van der Waals surface area contributed by atoms with Crippen LogP contribution in [-0.2, 0) is 10.0 Å². The van der Waals surface area contributed by atoms with E-state index < -0.39 is 16.1 Å². The molecular weight excluding hydrogens is 264 g/mol. The second-order valence-electron chi connectivity index (χ2n) is 3.31. The van der Waals surface area contributed by atoms with Gasteiger partial charge in [0.15, 0.2) is 10.0 Å². The Hall–Kier alpha value is -1.39. The van der Waals surface area contributed by atoms with Gasteiger partial charge in [0.25, 0.3) is 10.0 Å². The normalized spacial score (nSPS) is 13.8. The summed E-state index contributed by atoms with van der Waals surface area (Å²) in [5.74, 6) is 0.287. The first-order valence-corrected chi connectivity index (χ1v) is 6.97. The highest BCUT2D eigenvalue weighted by atomic mass is 32.2. The quantitative estimate of drug-likeness (QED) is 0.811. The minimum absolute atomic E-state index is 0.172. The third kappa shape index (κ3) is 2.65. The molecule has 92 valence electrons. The molecule has 0 amide bonds. The zero-order valence-corrected chi connectivity index (χ0v) is 10.7. The predicted octanol–water partition coefficient (Wildman–Crippen LogP) is 0.00412. The lowest BCUT2D eigenvalue weighted by Crippen LogP contribution is -2.27. The topological polar surface area (TPSA) is 114 Å². The molecule has 2 N–H and O–H groups in total. The second kappa shape index (κ2) is 4.47. The molecule has 1 unspecified atom stereocenters. The third-order valence-corrected chi connectivity index (χ3v) is 4.86. The number of sulfonamides is 1. The summed E-state index contributed by atoms with van der Waals surface area (Å²) >= 11 is 1.11. The standard InChI is InChI=1S/C7H10N6O2S2/c1-4(7-9-12-13-10-7)11-17(14,15)6-3-8-5(2)16-6/h3-4,11H,1-2H3,(H,9,10,12,13). The van der Waals surface area contributed by atoms with Gasteiger partial charge < -0.3 is 0 Å². The molecule has 2 aromatic rings. The number of H-pyrrole nitrogens is 1. The molecule has 1 atom stereocenters. The maximum absolute atomic E-state index is 11.9. The van der Waals surface area contributed by atoms with Crippen LogP contribution in [0.4, 0.5) is 0 Å². The summed E-state index contributed by atoms with van der Waals surface area (Å²) in [5, 5.41) is 13.8. The van der Waals surface area contributed by atoms with Gasteiger partial charge >= 0.3 is 0 Å². The summed E-state index contributed by atoms with van der Waals surface area (Å²) in [4.78, 5) is 3.90. The van der Waals surface area contributed by atoms with Gasteiger partial charge in [0, 0.05) is 0 Å². The number of hydrogen-bond acceptors (Lipinski definition) is 7. The van der Waals surface area contributed by atoms with E-state index in [9.17, 15) is 8.42 Å². The SMILES string of the molecule is Cc1ncc(S(=O)(=O)NC(C)c2nn[nH]n2)s1. The fraction of sp³-hybridized carbons (Fsp3) is 0.429. The van der Waals surface area contributed by atoms with Gasteiger partial charge in [0.2, 0.25) is 0 Å². The number of rotatable bonds is 4. The molecule has 0 radical (unpaired) electrons. The zero-order chi connectivity index (χ0) is 12.5. The zero-order valence-electron chi connectivity index (χ0n) is 9.08. The molecule has 2 heterocycles. The van der Waals surface area contributed by atoms with Crippen molar-refractivity contribution in [2.75, 3.05) is 0 Å². The van der Waals surface area contributed by atoms with Crippen molar-refractivity contribution in [3.05, 3.63) is 17.0 Å². The van der Waals surface area contributed by atoms with Crippen LogP contribution < -0.4 is 4.72 Å². The van der Waals surface area contributed by atoms with Crippen molar-refractivity contribution in [1.82, 2.24) is 30.3 Å². The molecule has 0 aliphatic rings. The van der Waals surface area contributed by atoms with Crippen LogP contribution in [0, 0.1) is 6.92 Å². The Morgan fingerprint density at radius 2 is 2.29 bits per heavy atom. The first-order chi connectivity index (χ1) is 7.99. The molecule has 0 aromatic carbocycles. The fourth-order valence-corrected chi connectivity index (χ4v) is 3.49. The number of aromatic nitrogens is 5. The van der Waals surface area contributed by atoms with Crippen LogP contribution in [-0.4, -0.2) is 34.0 Å². The third-order valence-electron chi connectivity index (χ3n) is 1.95. The fourth-order valence-electron chi connectivity index (χ4n) is 1.16. The van der Waals surface area contributed by atoms with E-state index in [0.717, 1.165) is 11.3 Å². The summed E-state index contributed by atoms with van der Waals surface area (Å²) in [6, 6.07) is -0.554. The average molecular weight is 274 g/mol. The van der Waals surface area contributed by atoms with Crippen LogP contribution in [0.5, 0.6) is 0 Å². The number of hydrogen-bond donors (Lipinski definition) is 2. The number of thiazole rings is 1. The predicted molar refractivity (Wildman–Crippen MR) is 59.8 cm³/mol. The van der Waals surface area contributed by atoms with Gasteiger partial charge in [-0.1, -0.05) is 5.21 Å². The summed E-state index contributed by atoms with van der Waals surface area (Å²) in [7, 11) is -3.58. The Balaban J connectivity index is 2.18. The van der Waals surface area contributed by atoms with Gasteiger partial charge in [-0.15, -0.1) is 21.5 Å². The first kappa shape index (κ1) is 12.1. The van der Waals surface area contributed by atoms with Crippen molar-refractivity contribution in [3.63, 3.8) is 0 Å². The van der Waals surface area contributed by atoms with Crippen molar-refractivity contribution < 1.29 is 8.42 Å². The Morgan fingerprint density at radius 1 is 1.53 bits per heavy atom. The molecule has 0 spiro atoms. The van der Waals surface area contributed by atoms with Crippen molar-refractivity contribution in [3.8, 4) is 0 Å². The number of nitrogens with one attached hydrogen (secondary N) is 2. The molecule has 2 rings (SSSR count). The minimum atomic E-state index is -3.58. The molecule has 8 nitrogen and oxygen atoms in total. The van der Waals surface area contributed by atoms with E-state index in [-0.39, 0.29) is 10.0 Å². The maximum atomic E-state index is 11.9. The molecule has 0 bridgehead atoms. The Kier molecular flexibility index (Phi) is 3.17. The first-order valence-electron chi connectivity index (χ1n) is 4.67. The summed E-state index contributed by atoms with van der Waals surface area (Å²) in [6.07, 6.45) is 1.32. The van der Waals surface area contributed by atoms with Gasteiger partial charge in [0.05, 0.1) is 17.2 Å². The van der Waals surface area contributed by atoms with Crippen molar-refractivity contribution in [2.24, 2.45) is 0 Å². The van der Waals surface area contributed by atoms with E-state index in [1.807, 2.05) is 0 Å². The lowest BCUT2D eigenvalue weighted by molar-refractivity contribution is 0.562. The summed E-state index contributed by atoms with van der Waals surface area (Å²) < 4.78 is 26.5. The van der Waals surface area contributed by atoms with E-state index in [1.165, 1.54) is 6.20 Å². The van der Waals surface area contributed by atoms with E-state index in [2.05, 4.69) is 30.3 Å². The summed E-state index contributed by atoms with van der Waals surface area (Å²) in [6.45, 7) is 3.38. The molecule has 0 saturated carbocycles. The van der Waals surface area contributed by atoms with Crippen molar-refractivity contribution in [1.29, 1.82) is 0 Å². The maximum Gasteiger partial charge on any atom is 0.252 e. The van der Waals surface area contributed by atoms with Crippen LogP contribution in [0.15, 0.2) is 10.4 Å². The van der Waals surface area contributed by atoms with E-state index in [4.69, 9.17) is 0 Å². The van der Waals surface area contributed by atoms with Crippen LogP contribution in [0.3, 0.4) is 0 Å². The molecule has 2 aromatic heterocycles. The smallest absolute Gasteiger partial charge is 0.249 e. The highest BCUT2D eigenvalue weighted by molar-refractivity contribution is 7.91. The highest BCUT2D eigenvalue weighted by Gasteiger charge is 2.22. The van der Waals surface area contributed by atoms with Crippen molar-refractivity contribution in [2.45, 2.75) is 24.1 Å². The molecule has 0 saturated heterocycles. The average Bonchev–Trinajstić information content (AvgIpc) is 2.86. The van der Waals surface area contributed by atoms with Gasteiger partial charge in [-0.05, 0) is 13.8 Å². The van der Waals surface area contributed by atoms with Gasteiger partial charge in [-0.2, -0.15) is 9.94 Å². The number of nitrogens with zero attached hydrogens (tertiary/aromatic N) is 4. The minimum Gasteiger partial charge on any atom is -0.249 e. The summed E-state index contributed by atoms with van der Waals surface area (Å²) in [5.41, 5.74) is 0. The molecule has 10 heteroatoms. The van der Waals surface area contributed by atoms with E-state index in [0.29, 0.717) is 5.01 Å². The van der Waals surface area contributed by atoms with Crippen LogP contribution in [0.2, 0.25) is 0 Å². The van der Waals surface area contributed by atoms with Crippen molar-refractivity contribution >= 4 is 21.4 Å². The Labute approximate surface area is 102 Å². The van der Waals surface area contributed by atoms with Gasteiger partial charge in [-0.25, -0.2) is 13.4 Å². The largest absolute Gasteiger partial charge is 0.252 e. The molecular formula is C7H10N6O2S2. The number of tetrazole rings is 1. The molecule has 17 heavy (non-hydrogen) atoms. The van der Waals surface area contributed by atoms with Crippen LogP contribution in [0.1, 0.15) is 23.8 Å². The van der Waals surface area contributed by atoms with Gasteiger partial charge in [0.1, 0.15) is 0 Å². The monoisotopic (exact) mass is 274 g/mol. The second-order valence-corrected chi connectivity index (χ2v) is 6.49. The Bertz CT molecular complexity index is 590. The number of aryl methyl sites for hydroxylation is 1. The van der Waals surface area contributed by atoms with Crippen LogP contribution >= 0.6 is 11.3 Å². The molecule has 0 aliphatic heterocycles. The lowest BCUT2D eigenvalue weighted by Gasteiger charge is -2.08. The van der Waals surface area contributed by atoms with Gasteiger partial charge in [-0.3, -0.25) is 0 Å². The van der Waals surface area contributed by atoms with E-state index in [1.54, 1.807) is 13.8 Å². The van der Waals surface area contributed by atoms with Crippen LogP contribution in [0.25, 0.3) is 0 Å². The molecule has 0 aliphatic carbocycles. The lowest BCUT2D eigenvalue weighted by atomic mass is 10.4. The highest BCUT2D eigenvalue weighted by Crippen LogP contribution is 2.19. The molecule has 0 fully saturated rings.